The van der Waals surface area contributed by atoms with Crippen molar-refractivity contribution in [2.75, 3.05) is 10.2 Å². The van der Waals surface area contributed by atoms with E-state index < -0.39 is 12.0 Å². The molecule has 32 heavy (non-hydrogen) atoms. The molecule has 160 valence electrons. The van der Waals surface area contributed by atoms with E-state index in [9.17, 15) is 9.59 Å². The topological polar surface area (TPSA) is 63.6 Å². The van der Waals surface area contributed by atoms with Gasteiger partial charge < -0.3 is 5.32 Å². The first-order chi connectivity index (χ1) is 15.4. The van der Waals surface area contributed by atoms with E-state index in [1.54, 1.807) is 4.90 Å². The molecule has 0 spiro atoms. The van der Waals surface area contributed by atoms with Crippen LogP contribution in [0.15, 0.2) is 90.9 Å². The van der Waals surface area contributed by atoms with E-state index in [4.69, 9.17) is 0 Å². The van der Waals surface area contributed by atoms with Crippen molar-refractivity contribution in [1.82, 2.24) is 0 Å². The number of nitrogens with zero attached hydrogens (tertiary/aromatic N) is 1. The van der Waals surface area contributed by atoms with Crippen LogP contribution < -0.4 is 15.2 Å². The fourth-order valence-electron chi connectivity index (χ4n) is 4.89. The van der Waals surface area contributed by atoms with E-state index in [1.165, 1.54) is 0 Å². The number of ketones is 1. The Morgan fingerprint density at radius 1 is 1.03 bits per heavy atom. The van der Waals surface area contributed by atoms with Gasteiger partial charge in [0.05, 0.1) is 23.3 Å². The van der Waals surface area contributed by atoms with Crippen molar-refractivity contribution < 1.29 is 14.6 Å². The number of amides is 1. The van der Waals surface area contributed by atoms with Crippen molar-refractivity contribution in [2.45, 2.75) is 26.3 Å². The van der Waals surface area contributed by atoms with Gasteiger partial charge in [-0.15, -0.1) is 0 Å². The molecule has 2 aliphatic rings. The van der Waals surface area contributed by atoms with Crippen LogP contribution in [-0.4, -0.2) is 11.7 Å². The Bertz CT molecular complexity index is 1200. The van der Waals surface area contributed by atoms with Gasteiger partial charge in [-0.1, -0.05) is 50.3 Å². The van der Waals surface area contributed by atoms with E-state index in [0.717, 1.165) is 22.6 Å². The third-order valence-corrected chi connectivity index (χ3v) is 6.21. The molecule has 1 aliphatic carbocycles. The molecule has 1 amide bonds. The lowest BCUT2D eigenvalue weighted by Gasteiger charge is -2.38. The molecule has 0 saturated carbocycles. The number of carbonyl (C=O) groups is 2. The third kappa shape index (κ3) is 3.50. The third-order valence-electron chi connectivity index (χ3n) is 6.21. The monoisotopic (exact) mass is 424 g/mol. The van der Waals surface area contributed by atoms with Crippen LogP contribution in [0.1, 0.15) is 42.2 Å². The summed E-state index contributed by atoms with van der Waals surface area (Å²) in [6, 6.07) is 20.4. The highest BCUT2D eigenvalue weighted by molar-refractivity contribution is 6.09. The first kappa shape index (κ1) is 20.2. The zero-order valence-electron chi connectivity index (χ0n) is 18.2. The minimum absolute atomic E-state index is 0.132. The normalized spacial score (nSPS) is 21.5. The molecule has 5 rings (SSSR count). The average molecular weight is 425 g/mol. The van der Waals surface area contributed by atoms with Gasteiger partial charge in [0.1, 0.15) is 5.78 Å². The molecule has 2 unspecified atom stereocenters. The van der Waals surface area contributed by atoms with Gasteiger partial charge in [0.2, 0.25) is 0 Å². The molecule has 2 N–H and O–H groups in total. The number of allylic oxidation sites excluding steroid dienone is 1. The second kappa shape index (κ2) is 7.75. The van der Waals surface area contributed by atoms with Gasteiger partial charge in [-0.3, -0.25) is 14.5 Å². The number of rotatable bonds is 2. The van der Waals surface area contributed by atoms with E-state index in [2.05, 4.69) is 30.2 Å². The predicted octanol–water partition coefficient (Wildman–Crippen LogP) is 4.81. The maximum absolute atomic E-state index is 14.0. The molecule has 0 fully saturated rings. The molecule has 0 bridgehead atoms. The zero-order valence-corrected chi connectivity index (χ0v) is 18.2. The fraction of sp³-hybridized carbons (Fsp3) is 0.222. The number of pyridine rings is 1. The Labute approximate surface area is 187 Å². The predicted molar refractivity (Wildman–Crippen MR) is 124 cm³/mol. The minimum atomic E-state index is -0.487. The lowest BCUT2D eigenvalue weighted by Crippen LogP contribution is -2.44. The summed E-state index contributed by atoms with van der Waals surface area (Å²) in [6.45, 7) is 4.15. The second-order valence-corrected chi connectivity index (χ2v) is 9.17. The molecule has 0 radical (unpaired) electrons. The van der Waals surface area contributed by atoms with Crippen molar-refractivity contribution in [3.63, 3.8) is 0 Å². The average Bonchev–Trinajstić information content (AvgIpc) is 2.93. The van der Waals surface area contributed by atoms with Crippen LogP contribution in [0.4, 0.5) is 11.4 Å². The highest BCUT2D eigenvalue weighted by atomic mass is 16.2. The van der Waals surface area contributed by atoms with Gasteiger partial charge in [-0.05, 0) is 35.7 Å². The highest BCUT2D eigenvalue weighted by Crippen LogP contribution is 2.48. The van der Waals surface area contributed by atoms with Crippen molar-refractivity contribution in [3.05, 3.63) is 102 Å². The minimum Gasteiger partial charge on any atom is -0.357 e. The summed E-state index contributed by atoms with van der Waals surface area (Å²) in [5, 5.41) is 3.52. The van der Waals surface area contributed by atoms with Crippen molar-refractivity contribution in [2.24, 2.45) is 11.3 Å². The number of aromatic amines is 1. The maximum atomic E-state index is 14.0. The van der Waals surface area contributed by atoms with Crippen molar-refractivity contribution in [1.29, 1.82) is 0 Å². The summed E-state index contributed by atoms with van der Waals surface area (Å²) in [5.41, 5.74) is 3.66. The number of fused-ring (bicyclic) bond motifs is 2. The number of hydrogen-bond donors (Lipinski definition) is 1. The first-order valence-corrected chi connectivity index (χ1v) is 10.9. The zero-order chi connectivity index (χ0) is 22.3. The molecular formula is C27H26N3O2+. The number of aromatic nitrogens is 1. The number of H-pyrrole nitrogens is 1. The van der Waals surface area contributed by atoms with Gasteiger partial charge >= 0.3 is 0 Å². The number of para-hydroxylation sites is 2. The molecule has 2 heterocycles. The number of hydrogen-bond acceptors (Lipinski definition) is 3. The SMILES string of the molecule is CC1(C)C=C2Nc3ccccc3N(C(=O)c3ccccc3)C(c3ccc[nH+]c3)C2C(=O)C1. The van der Waals surface area contributed by atoms with Crippen molar-refractivity contribution in [3.8, 4) is 0 Å². The molecule has 1 aromatic heterocycles. The van der Waals surface area contributed by atoms with Gasteiger partial charge in [-0.25, -0.2) is 4.98 Å². The largest absolute Gasteiger partial charge is 0.357 e. The maximum Gasteiger partial charge on any atom is 0.258 e. The molecule has 3 aromatic rings. The van der Waals surface area contributed by atoms with Crippen LogP contribution in [0.2, 0.25) is 0 Å². The van der Waals surface area contributed by atoms with E-state index in [1.807, 2.05) is 79.1 Å². The van der Waals surface area contributed by atoms with E-state index in [0.29, 0.717) is 12.0 Å². The number of nitrogens with one attached hydrogen (secondary N) is 2. The van der Waals surface area contributed by atoms with Crippen molar-refractivity contribution >= 4 is 23.1 Å². The Hall–Kier alpha value is -3.73. The fourth-order valence-corrected chi connectivity index (χ4v) is 4.89. The quantitative estimate of drug-likeness (QED) is 0.642. The van der Waals surface area contributed by atoms with Crippen LogP contribution in [-0.2, 0) is 4.79 Å². The number of Topliss-reactive ketones (excluding diaryl/α,β-unsaturated/α-hetero) is 1. The number of benzene rings is 2. The van der Waals surface area contributed by atoms with Crippen LogP contribution in [0.25, 0.3) is 0 Å². The molecular weight excluding hydrogens is 398 g/mol. The number of anilines is 2. The van der Waals surface area contributed by atoms with Crippen LogP contribution >= 0.6 is 0 Å². The molecule has 2 atom stereocenters. The van der Waals surface area contributed by atoms with Gasteiger partial charge in [0.15, 0.2) is 12.4 Å². The Balaban J connectivity index is 1.78. The molecule has 5 heteroatoms. The van der Waals surface area contributed by atoms with Gasteiger partial charge in [-0.2, -0.15) is 0 Å². The summed E-state index contributed by atoms with van der Waals surface area (Å²) in [6.07, 6.45) is 6.30. The summed E-state index contributed by atoms with van der Waals surface area (Å²) in [4.78, 5) is 32.5. The summed E-state index contributed by atoms with van der Waals surface area (Å²) < 4.78 is 0. The lowest BCUT2D eigenvalue weighted by molar-refractivity contribution is -0.378. The highest BCUT2D eigenvalue weighted by Gasteiger charge is 2.46. The van der Waals surface area contributed by atoms with Crippen LogP contribution in [0, 0.1) is 11.3 Å². The van der Waals surface area contributed by atoms with E-state index in [-0.39, 0.29) is 17.1 Å². The Morgan fingerprint density at radius 3 is 2.53 bits per heavy atom. The smallest absolute Gasteiger partial charge is 0.258 e. The van der Waals surface area contributed by atoms with Gasteiger partial charge in [0, 0.05) is 29.3 Å². The summed E-state index contributed by atoms with van der Waals surface area (Å²) in [7, 11) is 0. The van der Waals surface area contributed by atoms with Gasteiger partial charge in [0.25, 0.3) is 5.91 Å². The van der Waals surface area contributed by atoms with E-state index >= 15 is 0 Å². The lowest BCUT2D eigenvalue weighted by atomic mass is 9.72. The number of carbonyl (C=O) groups excluding carboxylic acids is 2. The molecule has 5 nitrogen and oxygen atoms in total. The van der Waals surface area contributed by atoms with Crippen LogP contribution in [0.3, 0.4) is 0 Å². The standard InChI is InChI=1S/C27H25N3O2/c1-27(2)15-21-24(23(31)16-27)25(19-11-8-14-28-17-19)30(22-13-7-6-12-20(22)29-21)26(32)18-9-4-3-5-10-18/h3-15,17,24-25,29H,16H2,1-2H3/p+1. The molecule has 0 saturated heterocycles. The Kier molecular flexibility index (Phi) is 4.89. The first-order valence-electron chi connectivity index (χ1n) is 10.9. The summed E-state index contributed by atoms with van der Waals surface area (Å²) in [5.74, 6) is -0.487. The Morgan fingerprint density at radius 2 is 1.78 bits per heavy atom. The summed E-state index contributed by atoms with van der Waals surface area (Å²) >= 11 is 0. The molecule has 1 aliphatic heterocycles. The second-order valence-electron chi connectivity index (χ2n) is 9.17. The molecule has 2 aromatic carbocycles. The van der Waals surface area contributed by atoms with Crippen LogP contribution in [0.5, 0.6) is 0 Å².